The second-order valence-electron chi connectivity index (χ2n) is 5.84. The number of hydrogen-bond donors (Lipinski definition) is 1. The van der Waals surface area contributed by atoms with E-state index in [0.29, 0.717) is 18.6 Å². The van der Waals surface area contributed by atoms with Gasteiger partial charge in [-0.1, -0.05) is 13.0 Å². The number of likely N-dealkylation sites (N-methyl/N-ethyl adjacent to an activating group) is 1. The summed E-state index contributed by atoms with van der Waals surface area (Å²) in [5.74, 6) is 0. The highest BCUT2D eigenvalue weighted by molar-refractivity contribution is 9.13. The van der Waals surface area contributed by atoms with Crippen LogP contribution >= 0.6 is 31.9 Å². The van der Waals surface area contributed by atoms with Crippen molar-refractivity contribution in [3.63, 3.8) is 0 Å². The maximum atomic E-state index is 6.14. The lowest BCUT2D eigenvalue weighted by molar-refractivity contribution is 0.131. The van der Waals surface area contributed by atoms with Crippen LogP contribution in [0.1, 0.15) is 31.4 Å². The van der Waals surface area contributed by atoms with Crippen molar-refractivity contribution in [1.29, 1.82) is 0 Å². The third-order valence-electron chi connectivity index (χ3n) is 4.37. The van der Waals surface area contributed by atoms with Gasteiger partial charge in [-0.25, -0.2) is 0 Å². The highest BCUT2D eigenvalue weighted by Gasteiger charge is 2.28. The summed E-state index contributed by atoms with van der Waals surface area (Å²) in [6.07, 6.45) is 2.37. The van der Waals surface area contributed by atoms with Gasteiger partial charge in [0, 0.05) is 40.7 Å². The molecule has 0 aromatic heterocycles. The molecule has 0 aliphatic carbocycles. The Morgan fingerprint density at radius 2 is 2.05 bits per heavy atom. The lowest BCUT2D eigenvalue weighted by Gasteiger charge is -2.37. The number of nitrogens with two attached hydrogens (primary N) is 1. The van der Waals surface area contributed by atoms with Crippen LogP contribution in [0.2, 0.25) is 0 Å². The summed E-state index contributed by atoms with van der Waals surface area (Å²) in [5.41, 5.74) is 7.45. The molecule has 0 saturated carbocycles. The first-order chi connectivity index (χ1) is 10.1. The van der Waals surface area contributed by atoms with Crippen molar-refractivity contribution < 1.29 is 0 Å². The lowest BCUT2D eigenvalue weighted by Crippen LogP contribution is -2.44. The molecule has 21 heavy (non-hydrogen) atoms. The van der Waals surface area contributed by atoms with Gasteiger partial charge in [-0.15, -0.1) is 0 Å². The van der Waals surface area contributed by atoms with Crippen molar-refractivity contribution in [2.75, 3.05) is 33.2 Å². The fourth-order valence-corrected chi connectivity index (χ4v) is 3.86. The molecule has 1 aliphatic heterocycles. The van der Waals surface area contributed by atoms with Gasteiger partial charge in [0.2, 0.25) is 0 Å². The third kappa shape index (κ3) is 4.29. The first kappa shape index (κ1) is 17.4. The number of halogens is 2. The van der Waals surface area contributed by atoms with E-state index in [1.807, 2.05) is 0 Å². The van der Waals surface area contributed by atoms with Crippen LogP contribution in [0, 0.1) is 0 Å². The summed E-state index contributed by atoms with van der Waals surface area (Å²) in [6, 6.07) is 7.36. The van der Waals surface area contributed by atoms with E-state index in [0.717, 1.165) is 22.0 Å². The molecule has 0 spiro atoms. The molecule has 2 N–H and O–H groups in total. The average molecular weight is 419 g/mol. The summed E-state index contributed by atoms with van der Waals surface area (Å²) >= 11 is 7.15. The molecular formula is C16H25Br2N3. The summed E-state index contributed by atoms with van der Waals surface area (Å²) in [5, 5.41) is 0. The van der Waals surface area contributed by atoms with Gasteiger partial charge < -0.3 is 10.6 Å². The molecular weight excluding hydrogens is 394 g/mol. The van der Waals surface area contributed by atoms with Gasteiger partial charge in [-0.2, -0.15) is 0 Å². The zero-order valence-corrected chi connectivity index (χ0v) is 16.0. The van der Waals surface area contributed by atoms with E-state index in [4.69, 9.17) is 5.73 Å². The molecule has 1 heterocycles. The summed E-state index contributed by atoms with van der Waals surface area (Å²) < 4.78 is 2.18. The Bertz CT molecular complexity index is 467. The smallest absolute Gasteiger partial charge is 0.0474 e. The van der Waals surface area contributed by atoms with Gasteiger partial charge >= 0.3 is 0 Å². The topological polar surface area (TPSA) is 32.5 Å². The molecule has 1 aliphatic rings. The van der Waals surface area contributed by atoms with Crippen LogP contribution in [0.3, 0.4) is 0 Å². The molecule has 5 heteroatoms. The largest absolute Gasteiger partial charge is 0.329 e. The number of nitrogens with zero attached hydrogens (tertiary/aromatic N) is 2. The Kier molecular flexibility index (Phi) is 6.69. The second kappa shape index (κ2) is 8.06. The van der Waals surface area contributed by atoms with Gasteiger partial charge in [-0.3, -0.25) is 4.90 Å². The van der Waals surface area contributed by atoms with Crippen molar-refractivity contribution in [2.24, 2.45) is 5.73 Å². The zero-order valence-electron chi connectivity index (χ0n) is 12.9. The Morgan fingerprint density at radius 3 is 2.67 bits per heavy atom. The van der Waals surface area contributed by atoms with Crippen molar-refractivity contribution in [2.45, 2.75) is 31.8 Å². The molecule has 0 radical (unpaired) electrons. The van der Waals surface area contributed by atoms with Crippen LogP contribution < -0.4 is 5.73 Å². The van der Waals surface area contributed by atoms with E-state index in [9.17, 15) is 0 Å². The molecule has 1 fully saturated rings. The van der Waals surface area contributed by atoms with Crippen molar-refractivity contribution in [3.8, 4) is 0 Å². The molecule has 0 bridgehead atoms. The van der Waals surface area contributed by atoms with E-state index in [1.54, 1.807) is 0 Å². The van der Waals surface area contributed by atoms with Gasteiger partial charge in [-0.05, 0) is 76.0 Å². The molecule has 1 aromatic rings. The number of rotatable bonds is 4. The van der Waals surface area contributed by atoms with Crippen LogP contribution in [0.25, 0.3) is 0 Å². The van der Waals surface area contributed by atoms with E-state index in [1.165, 1.54) is 24.9 Å². The molecule has 1 saturated heterocycles. The Balaban J connectivity index is 2.27. The maximum Gasteiger partial charge on any atom is 0.0474 e. The second-order valence-corrected chi connectivity index (χ2v) is 7.55. The predicted octanol–water partition coefficient (Wildman–Crippen LogP) is 3.63. The van der Waals surface area contributed by atoms with Crippen molar-refractivity contribution in [3.05, 3.63) is 32.7 Å². The van der Waals surface area contributed by atoms with E-state index < -0.39 is 0 Å². The SMILES string of the molecule is CCC1CN(C)CCCN1C(CN)c1ccc(Br)c(Br)c1. The van der Waals surface area contributed by atoms with E-state index in [2.05, 4.69) is 73.8 Å². The highest BCUT2D eigenvalue weighted by Crippen LogP contribution is 2.30. The normalized spacial score (nSPS) is 23.0. The first-order valence-electron chi connectivity index (χ1n) is 7.66. The van der Waals surface area contributed by atoms with Crippen molar-refractivity contribution in [1.82, 2.24) is 9.80 Å². The van der Waals surface area contributed by atoms with E-state index >= 15 is 0 Å². The maximum absolute atomic E-state index is 6.14. The summed E-state index contributed by atoms with van der Waals surface area (Å²) in [7, 11) is 2.22. The van der Waals surface area contributed by atoms with Crippen LogP contribution in [0.15, 0.2) is 27.1 Å². The summed E-state index contributed by atoms with van der Waals surface area (Å²) in [6.45, 7) is 6.37. The molecule has 0 amide bonds. The first-order valence-corrected chi connectivity index (χ1v) is 9.24. The monoisotopic (exact) mass is 417 g/mol. The van der Waals surface area contributed by atoms with Crippen molar-refractivity contribution >= 4 is 31.9 Å². The zero-order chi connectivity index (χ0) is 15.4. The van der Waals surface area contributed by atoms with Crippen LogP contribution in [-0.4, -0.2) is 49.1 Å². The van der Waals surface area contributed by atoms with Crippen LogP contribution in [0.4, 0.5) is 0 Å². The number of hydrogen-bond acceptors (Lipinski definition) is 3. The molecule has 118 valence electrons. The summed E-state index contributed by atoms with van der Waals surface area (Å²) in [4.78, 5) is 5.05. The van der Waals surface area contributed by atoms with E-state index in [-0.39, 0.29) is 0 Å². The standard InChI is InChI=1S/C16H25Br2N3/c1-3-13-11-20(2)7-4-8-21(13)16(10-19)12-5-6-14(17)15(18)9-12/h5-6,9,13,16H,3-4,7-8,10-11,19H2,1-2H3. The molecule has 3 nitrogen and oxygen atoms in total. The Labute approximate surface area is 145 Å². The van der Waals surface area contributed by atoms with Crippen LogP contribution in [0.5, 0.6) is 0 Å². The number of benzene rings is 1. The minimum absolute atomic E-state index is 0.297. The predicted molar refractivity (Wildman–Crippen MR) is 96.5 cm³/mol. The van der Waals surface area contributed by atoms with Gasteiger partial charge in [0.15, 0.2) is 0 Å². The fraction of sp³-hybridized carbons (Fsp3) is 0.625. The molecule has 2 atom stereocenters. The van der Waals surface area contributed by atoms with Crippen LogP contribution in [-0.2, 0) is 0 Å². The minimum Gasteiger partial charge on any atom is -0.329 e. The molecule has 2 rings (SSSR count). The highest BCUT2D eigenvalue weighted by atomic mass is 79.9. The molecule has 1 aromatic carbocycles. The quantitative estimate of drug-likeness (QED) is 0.810. The Morgan fingerprint density at radius 1 is 1.29 bits per heavy atom. The molecule has 2 unspecified atom stereocenters. The lowest BCUT2D eigenvalue weighted by atomic mass is 10.0. The van der Waals surface area contributed by atoms with Gasteiger partial charge in [0.1, 0.15) is 0 Å². The van der Waals surface area contributed by atoms with Gasteiger partial charge in [0.25, 0.3) is 0 Å². The Hall–Kier alpha value is 0.0600. The minimum atomic E-state index is 0.297. The third-order valence-corrected chi connectivity index (χ3v) is 6.25. The van der Waals surface area contributed by atoms with Gasteiger partial charge in [0.05, 0.1) is 0 Å². The average Bonchev–Trinajstić information content (AvgIpc) is 2.65. The fourth-order valence-electron chi connectivity index (χ4n) is 3.22.